The Hall–Kier alpha value is -0.830. The van der Waals surface area contributed by atoms with Crippen molar-refractivity contribution >= 4 is 0 Å². The Morgan fingerprint density at radius 2 is 1.94 bits per heavy atom. The SMILES string of the molecule is CCC(CC)n1ccc(CC(CC(C)C)NC)n1. The number of likely N-dealkylation sites (N-methyl/N-ethyl adjacent to an activating group) is 1. The van der Waals surface area contributed by atoms with Crippen molar-refractivity contribution in [1.82, 2.24) is 15.1 Å². The van der Waals surface area contributed by atoms with E-state index in [4.69, 9.17) is 5.10 Å². The molecule has 0 aliphatic heterocycles. The van der Waals surface area contributed by atoms with Crippen LogP contribution in [0.3, 0.4) is 0 Å². The van der Waals surface area contributed by atoms with Gasteiger partial charge in [0.15, 0.2) is 0 Å². The van der Waals surface area contributed by atoms with Crippen molar-refractivity contribution in [2.75, 3.05) is 7.05 Å². The summed E-state index contributed by atoms with van der Waals surface area (Å²) in [6.45, 7) is 9.00. The lowest BCUT2D eigenvalue weighted by Gasteiger charge is -2.17. The fraction of sp³-hybridized carbons (Fsp3) is 0.800. The Balaban J connectivity index is 2.62. The number of rotatable bonds is 8. The fourth-order valence-electron chi connectivity index (χ4n) is 2.48. The molecule has 3 heteroatoms. The van der Waals surface area contributed by atoms with E-state index in [1.807, 2.05) is 7.05 Å². The molecule has 1 aromatic heterocycles. The van der Waals surface area contributed by atoms with Gasteiger partial charge in [-0.15, -0.1) is 0 Å². The average molecular weight is 251 g/mol. The molecule has 0 aliphatic rings. The van der Waals surface area contributed by atoms with Gasteiger partial charge in [-0.1, -0.05) is 27.7 Å². The largest absolute Gasteiger partial charge is 0.317 e. The van der Waals surface area contributed by atoms with E-state index in [0.717, 1.165) is 25.2 Å². The molecule has 3 nitrogen and oxygen atoms in total. The number of aromatic nitrogens is 2. The second kappa shape index (κ2) is 7.57. The Bertz CT molecular complexity index is 326. The molecule has 0 aliphatic carbocycles. The standard InChI is InChI=1S/C15H29N3/c1-6-15(7-2)18-9-8-13(17-18)11-14(16-5)10-12(3)4/h8-9,12,14-16H,6-7,10-11H2,1-5H3. The van der Waals surface area contributed by atoms with Crippen LogP contribution in [0.4, 0.5) is 0 Å². The van der Waals surface area contributed by atoms with Crippen LogP contribution in [0.5, 0.6) is 0 Å². The third kappa shape index (κ3) is 4.45. The van der Waals surface area contributed by atoms with Crippen LogP contribution in [-0.4, -0.2) is 22.9 Å². The number of nitrogens with one attached hydrogen (secondary N) is 1. The molecule has 1 aromatic rings. The highest BCUT2D eigenvalue weighted by molar-refractivity contribution is 5.02. The van der Waals surface area contributed by atoms with Crippen molar-refractivity contribution in [3.63, 3.8) is 0 Å². The molecule has 0 radical (unpaired) electrons. The van der Waals surface area contributed by atoms with Crippen LogP contribution in [0.25, 0.3) is 0 Å². The van der Waals surface area contributed by atoms with Crippen LogP contribution in [-0.2, 0) is 6.42 Å². The lowest BCUT2D eigenvalue weighted by molar-refractivity contribution is 0.413. The molecule has 1 rings (SSSR count). The van der Waals surface area contributed by atoms with E-state index in [-0.39, 0.29) is 0 Å². The lowest BCUT2D eigenvalue weighted by atomic mass is 10.0. The van der Waals surface area contributed by atoms with Gasteiger partial charge in [0.1, 0.15) is 0 Å². The molecule has 1 N–H and O–H groups in total. The zero-order valence-electron chi connectivity index (χ0n) is 12.6. The van der Waals surface area contributed by atoms with Gasteiger partial charge in [0.25, 0.3) is 0 Å². The van der Waals surface area contributed by atoms with Crippen LogP contribution in [0.15, 0.2) is 12.3 Å². The first kappa shape index (κ1) is 15.2. The summed E-state index contributed by atoms with van der Waals surface area (Å²) in [4.78, 5) is 0. The summed E-state index contributed by atoms with van der Waals surface area (Å²) in [5.74, 6) is 0.726. The molecule has 1 heterocycles. The summed E-state index contributed by atoms with van der Waals surface area (Å²) >= 11 is 0. The normalized spacial score (nSPS) is 13.5. The minimum absolute atomic E-state index is 0.537. The topological polar surface area (TPSA) is 29.9 Å². The van der Waals surface area contributed by atoms with Crippen molar-refractivity contribution in [2.45, 2.75) is 65.5 Å². The molecule has 0 saturated carbocycles. The van der Waals surface area contributed by atoms with Gasteiger partial charge in [-0.2, -0.15) is 5.10 Å². The molecule has 0 saturated heterocycles. The highest BCUT2D eigenvalue weighted by Gasteiger charge is 2.13. The first-order chi connectivity index (χ1) is 8.60. The predicted molar refractivity (Wildman–Crippen MR) is 77.9 cm³/mol. The van der Waals surface area contributed by atoms with Gasteiger partial charge in [-0.25, -0.2) is 0 Å². The van der Waals surface area contributed by atoms with Crippen molar-refractivity contribution in [3.8, 4) is 0 Å². The molecular formula is C15H29N3. The Labute approximate surface area is 112 Å². The van der Waals surface area contributed by atoms with E-state index < -0.39 is 0 Å². The van der Waals surface area contributed by atoms with Gasteiger partial charge >= 0.3 is 0 Å². The zero-order valence-corrected chi connectivity index (χ0v) is 12.6. The molecule has 1 atom stereocenters. The fourth-order valence-corrected chi connectivity index (χ4v) is 2.48. The molecule has 18 heavy (non-hydrogen) atoms. The maximum absolute atomic E-state index is 4.72. The second-order valence-corrected chi connectivity index (χ2v) is 5.58. The van der Waals surface area contributed by atoms with E-state index in [0.29, 0.717) is 12.1 Å². The summed E-state index contributed by atoms with van der Waals surface area (Å²) in [6, 6.07) is 3.26. The van der Waals surface area contributed by atoms with Gasteiger partial charge in [0.2, 0.25) is 0 Å². The van der Waals surface area contributed by atoms with Gasteiger partial charge in [0, 0.05) is 18.7 Å². The summed E-state index contributed by atoms with van der Waals surface area (Å²) in [5, 5.41) is 8.12. The van der Waals surface area contributed by atoms with Crippen molar-refractivity contribution < 1.29 is 0 Å². The van der Waals surface area contributed by atoms with Crippen LogP contribution in [0.2, 0.25) is 0 Å². The van der Waals surface area contributed by atoms with E-state index in [1.165, 1.54) is 12.1 Å². The summed E-state index contributed by atoms with van der Waals surface area (Å²) < 4.78 is 2.14. The number of nitrogens with zero attached hydrogens (tertiary/aromatic N) is 2. The average Bonchev–Trinajstić information content (AvgIpc) is 2.78. The molecule has 1 unspecified atom stereocenters. The van der Waals surface area contributed by atoms with Crippen LogP contribution < -0.4 is 5.32 Å². The first-order valence-corrected chi connectivity index (χ1v) is 7.31. The monoisotopic (exact) mass is 251 g/mol. The third-order valence-corrected chi connectivity index (χ3v) is 3.60. The summed E-state index contributed by atoms with van der Waals surface area (Å²) in [7, 11) is 2.05. The van der Waals surface area contributed by atoms with Gasteiger partial charge in [0.05, 0.1) is 11.7 Å². The summed E-state index contributed by atoms with van der Waals surface area (Å²) in [5.41, 5.74) is 1.21. The van der Waals surface area contributed by atoms with Crippen LogP contribution >= 0.6 is 0 Å². The molecule has 0 bridgehead atoms. The molecule has 0 aromatic carbocycles. The lowest BCUT2D eigenvalue weighted by Crippen LogP contribution is -2.29. The quantitative estimate of drug-likeness (QED) is 0.767. The first-order valence-electron chi connectivity index (χ1n) is 7.31. The maximum Gasteiger partial charge on any atom is 0.0640 e. The van der Waals surface area contributed by atoms with Crippen LogP contribution in [0.1, 0.15) is 58.7 Å². The highest BCUT2D eigenvalue weighted by Crippen LogP contribution is 2.16. The minimum atomic E-state index is 0.537. The molecule has 0 spiro atoms. The summed E-state index contributed by atoms with van der Waals surface area (Å²) in [6.07, 6.45) is 6.67. The van der Waals surface area contributed by atoms with Gasteiger partial charge < -0.3 is 5.32 Å². The molecule has 0 amide bonds. The van der Waals surface area contributed by atoms with Crippen molar-refractivity contribution in [2.24, 2.45) is 5.92 Å². The maximum atomic E-state index is 4.72. The van der Waals surface area contributed by atoms with E-state index in [2.05, 4.69) is 50.0 Å². The van der Waals surface area contributed by atoms with Crippen LogP contribution in [0, 0.1) is 5.92 Å². The van der Waals surface area contributed by atoms with Crippen molar-refractivity contribution in [1.29, 1.82) is 0 Å². The molecule has 104 valence electrons. The number of hydrogen-bond donors (Lipinski definition) is 1. The van der Waals surface area contributed by atoms with E-state index in [1.54, 1.807) is 0 Å². The van der Waals surface area contributed by atoms with Gasteiger partial charge in [-0.05, 0) is 38.3 Å². The van der Waals surface area contributed by atoms with Gasteiger partial charge in [-0.3, -0.25) is 4.68 Å². The predicted octanol–water partition coefficient (Wildman–Crippen LogP) is 3.42. The Morgan fingerprint density at radius 1 is 1.28 bits per heavy atom. The highest BCUT2D eigenvalue weighted by atomic mass is 15.3. The molecular weight excluding hydrogens is 222 g/mol. The Kier molecular flexibility index (Phi) is 6.41. The number of hydrogen-bond acceptors (Lipinski definition) is 2. The molecule has 0 fully saturated rings. The van der Waals surface area contributed by atoms with E-state index >= 15 is 0 Å². The second-order valence-electron chi connectivity index (χ2n) is 5.58. The van der Waals surface area contributed by atoms with E-state index in [9.17, 15) is 0 Å². The third-order valence-electron chi connectivity index (χ3n) is 3.60. The minimum Gasteiger partial charge on any atom is -0.317 e. The Morgan fingerprint density at radius 3 is 2.44 bits per heavy atom. The van der Waals surface area contributed by atoms with Crippen molar-refractivity contribution in [3.05, 3.63) is 18.0 Å². The smallest absolute Gasteiger partial charge is 0.0640 e. The zero-order chi connectivity index (χ0) is 13.5.